The Balaban J connectivity index is 1.75. The lowest BCUT2D eigenvalue weighted by atomic mass is 9.80. The molecule has 3 unspecified atom stereocenters. The predicted octanol–water partition coefficient (Wildman–Crippen LogP) is 3.81. The van der Waals surface area contributed by atoms with E-state index < -0.39 is 0 Å². The molecule has 1 N–H and O–H groups in total. The lowest BCUT2D eigenvalue weighted by molar-refractivity contribution is -0.0314. The third-order valence-corrected chi connectivity index (χ3v) is 5.88. The highest BCUT2D eigenvalue weighted by Gasteiger charge is 2.52. The van der Waals surface area contributed by atoms with Crippen molar-refractivity contribution in [2.24, 2.45) is 5.92 Å². The van der Waals surface area contributed by atoms with E-state index in [2.05, 4.69) is 49.3 Å². The van der Waals surface area contributed by atoms with Crippen molar-refractivity contribution >= 4 is 0 Å². The predicted molar refractivity (Wildman–Crippen MR) is 87.4 cm³/mol. The van der Waals surface area contributed by atoms with Gasteiger partial charge >= 0.3 is 0 Å². The third kappa shape index (κ3) is 2.89. The summed E-state index contributed by atoms with van der Waals surface area (Å²) in [7, 11) is 4.32. The van der Waals surface area contributed by atoms with Gasteiger partial charge in [0.1, 0.15) is 0 Å². The first-order valence-corrected chi connectivity index (χ1v) is 8.55. The second kappa shape index (κ2) is 6.10. The summed E-state index contributed by atoms with van der Waals surface area (Å²) in [6.07, 6.45) is 8.45. The van der Waals surface area contributed by atoms with Crippen LogP contribution in [0.1, 0.15) is 56.4 Å². The van der Waals surface area contributed by atoms with Gasteiger partial charge in [0, 0.05) is 5.54 Å². The van der Waals surface area contributed by atoms with Crippen LogP contribution in [0.15, 0.2) is 30.3 Å². The summed E-state index contributed by atoms with van der Waals surface area (Å²) in [6, 6.07) is 10.7. The lowest BCUT2D eigenvalue weighted by Crippen LogP contribution is -2.54. The second-order valence-corrected chi connectivity index (χ2v) is 7.27. The van der Waals surface area contributed by atoms with Crippen LogP contribution in [-0.4, -0.2) is 35.7 Å². The summed E-state index contributed by atoms with van der Waals surface area (Å²) in [5.41, 5.74) is 1.41. The first-order chi connectivity index (χ1) is 10.1. The summed E-state index contributed by atoms with van der Waals surface area (Å²) >= 11 is 0. The quantitative estimate of drug-likeness (QED) is 0.851. The van der Waals surface area contributed by atoms with Crippen LogP contribution in [0.2, 0.25) is 0 Å². The van der Waals surface area contributed by atoms with Gasteiger partial charge in [-0.25, -0.2) is 0 Å². The lowest BCUT2D eigenvalue weighted by Gasteiger charge is -2.44. The highest BCUT2D eigenvalue weighted by atomic mass is 16.3. The van der Waals surface area contributed by atoms with E-state index in [1.54, 1.807) is 0 Å². The van der Waals surface area contributed by atoms with Gasteiger partial charge in [0.15, 0.2) is 0 Å². The fourth-order valence-corrected chi connectivity index (χ4v) is 4.39. The maximum absolute atomic E-state index is 11.1. The fourth-order valence-electron chi connectivity index (χ4n) is 4.39. The molecule has 0 saturated heterocycles. The molecule has 0 aromatic heterocycles. The molecule has 3 rings (SSSR count). The van der Waals surface area contributed by atoms with Crippen LogP contribution < -0.4 is 0 Å². The van der Waals surface area contributed by atoms with Gasteiger partial charge < -0.3 is 10.0 Å². The van der Waals surface area contributed by atoms with Gasteiger partial charge in [0.25, 0.3) is 0 Å². The van der Waals surface area contributed by atoms with Gasteiger partial charge in [-0.3, -0.25) is 0 Å². The van der Waals surface area contributed by atoms with Gasteiger partial charge in [-0.05, 0) is 50.8 Å². The molecule has 3 atom stereocenters. The Labute approximate surface area is 129 Å². The number of aliphatic hydroxyl groups excluding tert-OH is 1. The van der Waals surface area contributed by atoms with Crippen LogP contribution >= 0.6 is 0 Å². The highest BCUT2D eigenvalue weighted by molar-refractivity contribution is 5.27. The van der Waals surface area contributed by atoms with Crippen LogP contribution in [0.4, 0.5) is 0 Å². The number of hydrogen-bond acceptors (Lipinski definition) is 2. The summed E-state index contributed by atoms with van der Waals surface area (Å²) in [5.74, 6) is 1.02. The topological polar surface area (TPSA) is 23.5 Å². The smallest absolute Gasteiger partial charge is 0.0757 e. The minimum atomic E-state index is -0.184. The van der Waals surface area contributed by atoms with Gasteiger partial charge in [0.2, 0.25) is 0 Å². The molecule has 0 spiro atoms. The highest BCUT2D eigenvalue weighted by Crippen LogP contribution is 2.53. The molecular formula is C19H29NO. The van der Waals surface area contributed by atoms with Crippen LogP contribution in [-0.2, 0) is 0 Å². The number of likely N-dealkylation sites (N-methyl/N-ethyl adjacent to an activating group) is 1. The van der Waals surface area contributed by atoms with Crippen molar-refractivity contribution in [2.45, 2.75) is 62.5 Å². The molecule has 1 aromatic carbocycles. The van der Waals surface area contributed by atoms with Crippen molar-refractivity contribution in [1.82, 2.24) is 4.90 Å². The van der Waals surface area contributed by atoms with E-state index in [0.29, 0.717) is 11.8 Å². The van der Waals surface area contributed by atoms with E-state index in [9.17, 15) is 5.11 Å². The van der Waals surface area contributed by atoms with E-state index in [1.807, 2.05) is 0 Å². The van der Waals surface area contributed by atoms with Gasteiger partial charge in [0.05, 0.1) is 6.10 Å². The van der Waals surface area contributed by atoms with E-state index in [-0.39, 0.29) is 11.6 Å². The Kier molecular flexibility index (Phi) is 4.37. The maximum atomic E-state index is 11.1. The minimum absolute atomic E-state index is 0.00466. The molecule has 2 heteroatoms. The van der Waals surface area contributed by atoms with Crippen LogP contribution in [0.25, 0.3) is 0 Å². The molecule has 116 valence electrons. The number of hydrogen-bond donors (Lipinski definition) is 1. The Bertz CT molecular complexity index is 448. The Morgan fingerprint density at radius 3 is 2.24 bits per heavy atom. The maximum Gasteiger partial charge on any atom is 0.0757 e. The Hall–Kier alpha value is -0.860. The molecule has 0 aliphatic heterocycles. The monoisotopic (exact) mass is 287 g/mol. The number of rotatable bonds is 4. The zero-order valence-electron chi connectivity index (χ0n) is 13.5. The summed E-state index contributed by atoms with van der Waals surface area (Å²) in [4.78, 5) is 2.32. The van der Waals surface area contributed by atoms with Crippen molar-refractivity contribution in [3.8, 4) is 0 Å². The minimum Gasteiger partial charge on any atom is -0.391 e. The molecule has 21 heavy (non-hydrogen) atoms. The number of aliphatic hydroxyl groups is 1. The zero-order valence-corrected chi connectivity index (χ0v) is 13.5. The van der Waals surface area contributed by atoms with Gasteiger partial charge in [-0.2, -0.15) is 0 Å². The normalized spacial score (nSPS) is 29.9. The third-order valence-electron chi connectivity index (χ3n) is 5.88. The first-order valence-electron chi connectivity index (χ1n) is 8.55. The number of benzene rings is 1. The van der Waals surface area contributed by atoms with Crippen molar-refractivity contribution in [2.75, 3.05) is 14.1 Å². The second-order valence-electron chi connectivity index (χ2n) is 7.27. The first kappa shape index (κ1) is 15.1. The van der Waals surface area contributed by atoms with Gasteiger partial charge in [-0.1, -0.05) is 56.0 Å². The molecule has 0 heterocycles. The molecule has 0 amide bonds. The molecule has 1 aromatic rings. The summed E-state index contributed by atoms with van der Waals surface area (Å²) in [5, 5.41) is 11.1. The van der Waals surface area contributed by atoms with Crippen molar-refractivity contribution in [3.05, 3.63) is 35.9 Å². The zero-order chi connectivity index (χ0) is 14.9. The Morgan fingerprint density at radius 2 is 1.67 bits per heavy atom. The molecule has 2 fully saturated rings. The van der Waals surface area contributed by atoms with E-state index in [0.717, 1.165) is 19.3 Å². The molecule has 2 nitrogen and oxygen atoms in total. The molecular weight excluding hydrogens is 258 g/mol. The van der Waals surface area contributed by atoms with Crippen LogP contribution in [0.3, 0.4) is 0 Å². The van der Waals surface area contributed by atoms with E-state index in [4.69, 9.17) is 0 Å². The van der Waals surface area contributed by atoms with E-state index >= 15 is 0 Å². The van der Waals surface area contributed by atoms with E-state index in [1.165, 1.54) is 31.2 Å². The number of nitrogens with zero attached hydrogens (tertiary/aromatic N) is 1. The SMILES string of the molecule is CN(C)C1(C(O)C2CC2c2ccccc2)CCCCCC1. The molecule has 0 bridgehead atoms. The van der Waals surface area contributed by atoms with Crippen molar-refractivity contribution in [3.63, 3.8) is 0 Å². The van der Waals surface area contributed by atoms with Gasteiger partial charge in [-0.15, -0.1) is 0 Å². The average molecular weight is 287 g/mol. The largest absolute Gasteiger partial charge is 0.391 e. The fraction of sp³-hybridized carbons (Fsp3) is 0.684. The standard InChI is InChI=1S/C19H29NO/c1-20(2)19(12-8-3-4-9-13-19)18(21)17-14-16(17)15-10-6-5-7-11-15/h5-7,10-11,16-18,21H,3-4,8-9,12-14H2,1-2H3. The summed E-state index contributed by atoms with van der Waals surface area (Å²) in [6.45, 7) is 0. The molecule has 2 saturated carbocycles. The molecule has 2 aliphatic rings. The van der Waals surface area contributed by atoms with Crippen LogP contribution in [0.5, 0.6) is 0 Å². The average Bonchev–Trinajstić information content (AvgIpc) is 3.31. The van der Waals surface area contributed by atoms with Crippen LogP contribution in [0, 0.1) is 5.92 Å². The molecule has 0 radical (unpaired) electrons. The molecule has 2 aliphatic carbocycles. The van der Waals surface area contributed by atoms with Crippen molar-refractivity contribution in [1.29, 1.82) is 0 Å². The Morgan fingerprint density at radius 1 is 1.05 bits per heavy atom. The summed E-state index contributed by atoms with van der Waals surface area (Å²) < 4.78 is 0. The van der Waals surface area contributed by atoms with Crippen molar-refractivity contribution < 1.29 is 5.11 Å².